The lowest BCUT2D eigenvalue weighted by molar-refractivity contribution is -0.116. The maximum Gasteiger partial charge on any atom is 0.255 e. The molecule has 0 unspecified atom stereocenters. The Kier molecular flexibility index (Phi) is 6.37. The van der Waals surface area contributed by atoms with Crippen LogP contribution >= 0.6 is 0 Å². The highest BCUT2D eigenvalue weighted by Gasteiger charge is 2.08. The van der Waals surface area contributed by atoms with Crippen LogP contribution in [0.5, 0.6) is 0 Å². The summed E-state index contributed by atoms with van der Waals surface area (Å²) in [4.78, 5) is 35.5. The SMILES string of the molecule is CC(=O)Nc1ccc(NC(=O)c2ccc(NC(=O)Cc3ccccc3)cc2)cc1. The van der Waals surface area contributed by atoms with Gasteiger partial charge < -0.3 is 16.0 Å². The molecule has 0 aliphatic carbocycles. The molecular formula is C23H21N3O3. The Morgan fingerprint density at radius 1 is 0.655 bits per heavy atom. The number of hydrogen-bond donors (Lipinski definition) is 3. The molecule has 0 bridgehead atoms. The molecule has 0 heterocycles. The second kappa shape index (κ2) is 9.32. The van der Waals surface area contributed by atoms with Crippen molar-refractivity contribution in [2.75, 3.05) is 16.0 Å². The molecule has 0 aliphatic heterocycles. The summed E-state index contributed by atoms with van der Waals surface area (Å²) in [5, 5.41) is 8.28. The van der Waals surface area contributed by atoms with Gasteiger partial charge in [-0.15, -0.1) is 0 Å². The van der Waals surface area contributed by atoms with E-state index in [-0.39, 0.29) is 24.1 Å². The van der Waals surface area contributed by atoms with Crippen molar-refractivity contribution in [3.05, 3.63) is 90.0 Å². The van der Waals surface area contributed by atoms with Gasteiger partial charge in [-0.05, 0) is 54.1 Å². The molecule has 0 saturated carbocycles. The van der Waals surface area contributed by atoms with E-state index in [1.165, 1.54) is 6.92 Å². The van der Waals surface area contributed by atoms with Crippen LogP contribution in [0.3, 0.4) is 0 Å². The number of anilines is 3. The van der Waals surface area contributed by atoms with E-state index in [4.69, 9.17) is 0 Å². The first kappa shape index (κ1) is 19.8. The van der Waals surface area contributed by atoms with Crippen molar-refractivity contribution in [1.82, 2.24) is 0 Å². The average molecular weight is 387 g/mol. The Balaban J connectivity index is 1.55. The summed E-state index contributed by atoms with van der Waals surface area (Å²) in [6, 6.07) is 23.0. The lowest BCUT2D eigenvalue weighted by Crippen LogP contribution is -2.15. The van der Waals surface area contributed by atoms with Crippen LogP contribution in [0.15, 0.2) is 78.9 Å². The topological polar surface area (TPSA) is 87.3 Å². The molecule has 3 rings (SSSR count). The van der Waals surface area contributed by atoms with Crippen molar-refractivity contribution in [2.24, 2.45) is 0 Å². The first-order valence-electron chi connectivity index (χ1n) is 9.12. The molecule has 6 nitrogen and oxygen atoms in total. The van der Waals surface area contributed by atoms with Gasteiger partial charge in [0.05, 0.1) is 6.42 Å². The van der Waals surface area contributed by atoms with Crippen LogP contribution in [-0.4, -0.2) is 17.7 Å². The molecule has 0 saturated heterocycles. The van der Waals surface area contributed by atoms with Gasteiger partial charge in [-0.25, -0.2) is 0 Å². The lowest BCUT2D eigenvalue weighted by Gasteiger charge is -2.09. The van der Waals surface area contributed by atoms with Crippen LogP contribution in [0.2, 0.25) is 0 Å². The van der Waals surface area contributed by atoms with Crippen LogP contribution < -0.4 is 16.0 Å². The summed E-state index contributed by atoms with van der Waals surface area (Å²) in [6.07, 6.45) is 0.289. The number of benzene rings is 3. The lowest BCUT2D eigenvalue weighted by atomic mass is 10.1. The normalized spacial score (nSPS) is 10.1. The summed E-state index contributed by atoms with van der Waals surface area (Å²) in [6.45, 7) is 1.43. The second-order valence-corrected chi connectivity index (χ2v) is 6.50. The van der Waals surface area contributed by atoms with Gasteiger partial charge >= 0.3 is 0 Å². The third-order valence-electron chi connectivity index (χ3n) is 4.10. The van der Waals surface area contributed by atoms with Gasteiger partial charge in [-0.2, -0.15) is 0 Å². The van der Waals surface area contributed by atoms with Crippen molar-refractivity contribution < 1.29 is 14.4 Å². The number of hydrogen-bond acceptors (Lipinski definition) is 3. The van der Waals surface area contributed by atoms with Crippen LogP contribution in [0.4, 0.5) is 17.1 Å². The Bertz CT molecular complexity index is 998. The molecule has 3 aromatic carbocycles. The van der Waals surface area contributed by atoms with Crippen LogP contribution in [0.25, 0.3) is 0 Å². The van der Waals surface area contributed by atoms with E-state index in [9.17, 15) is 14.4 Å². The molecule has 3 N–H and O–H groups in total. The van der Waals surface area contributed by atoms with E-state index in [0.717, 1.165) is 5.56 Å². The summed E-state index contributed by atoms with van der Waals surface area (Å²) in [7, 11) is 0. The van der Waals surface area contributed by atoms with Crippen molar-refractivity contribution in [3.8, 4) is 0 Å². The number of amides is 3. The summed E-state index contributed by atoms with van der Waals surface area (Å²) in [5.74, 6) is -0.537. The summed E-state index contributed by atoms with van der Waals surface area (Å²) < 4.78 is 0. The Hall–Kier alpha value is -3.93. The van der Waals surface area contributed by atoms with Crippen molar-refractivity contribution in [1.29, 1.82) is 0 Å². The highest BCUT2D eigenvalue weighted by molar-refractivity contribution is 6.04. The van der Waals surface area contributed by atoms with Gasteiger partial charge in [0.1, 0.15) is 0 Å². The molecule has 3 aromatic rings. The standard InChI is InChI=1S/C23H21N3O3/c1-16(27)24-19-11-13-21(14-12-19)26-23(29)18-7-9-20(10-8-18)25-22(28)15-17-5-3-2-4-6-17/h2-14H,15H2,1H3,(H,24,27)(H,25,28)(H,26,29). The summed E-state index contributed by atoms with van der Waals surface area (Å²) in [5.41, 5.74) is 3.31. The Labute approximate surface area is 169 Å². The van der Waals surface area contributed by atoms with Gasteiger partial charge in [0.2, 0.25) is 11.8 Å². The van der Waals surface area contributed by atoms with Gasteiger partial charge in [0.25, 0.3) is 5.91 Å². The van der Waals surface area contributed by atoms with E-state index < -0.39 is 0 Å². The molecule has 6 heteroatoms. The molecule has 146 valence electrons. The predicted molar refractivity (Wildman–Crippen MR) is 114 cm³/mol. The van der Waals surface area contributed by atoms with E-state index >= 15 is 0 Å². The third kappa shape index (κ3) is 6.04. The fraction of sp³-hybridized carbons (Fsp3) is 0.0870. The fourth-order valence-electron chi connectivity index (χ4n) is 2.73. The van der Waals surface area contributed by atoms with Crippen molar-refractivity contribution >= 4 is 34.8 Å². The van der Waals surface area contributed by atoms with Gasteiger partial charge in [0.15, 0.2) is 0 Å². The van der Waals surface area contributed by atoms with Gasteiger partial charge in [-0.3, -0.25) is 14.4 Å². The largest absolute Gasteiger partial charge is 0.326 e. The second-order valence-electron chi connectivity index (χ2n) is 6.50. The first-order chi connectivity index (χ1) is 14.0. The van der Waals surface area contributed by atoms with E-state index in [1.807, 2.05) is 30.3 Å². The fourth-order valence-corrected chi connectivity index (χ4v) is 2.73. The zero-order valence-electron chi connectivity index (χ0n) is 15.9. The highest BCUT2D eigenvalue weighted by atomic mass is 16.2. The average Bonchev–Trinajstić information content (AvgIpc) is 2.70. The molecule has 3 amide bonds. The number of carbonyl (C=O) groups is 3. The van der Waals surface area contributed by atoms with Crippen molar-refractivity contribution in [2.45, 2.75) is 13.3 Å². The van der Waals surface area contributed by atoms with Gasteiger partial charge in [-0.1, -0.05) is 30.3 Å². The third-order valence-corrected chi connectivity index (χ3v) is 4.10. The molecule has 0 aromatic heterocycles. The predicted octanol–water partition coefficient (Wildman–Crippen LogP) is 4.08. The molecule has 0 aliphatic rings. The van der Waals surface area contributed by atoms with E-state index in [2.05, 4.69) is 16.0 Å². The number of carbonyl (C=O) groups excluding carboxylic acids is 3. The zero-order valence-corrected chi connectivity index (χ0v) is 15.9. The quantitative estimate of drug-likeness (QED) is 0.596. The molecular weight excluding hydrogens is 366 g/mol. The van der Waals surface area contributed by atoms with E-state index in [0.29, 0.717) is 22.6 Å². The number of rotatable bonds is 6. The molecule has 0 radical (unpaired) electrons. The minimum Gasteiger partial charge on any atom is -0.326 e. The molecule has 29 heavy (non-hydrogen) atoms. The monoisotopic (exact) mass is 387 g/mol. The molecule has 0 fully saturated rings. The minimum absolute atomic E-state index is 0.118. The number of nitrogens with one attached hydrogen (secondary N) is 3. The Morgan fingerprint density at radius 2 is 1.17 bits per heavy atom. The molecule has 0 atom stereocenters. The summed E-state index contributed by atoms with van der Waals surface area (Å²) >= 11 is 0. The van der Waals surface area contributed by atoms with Crippen LogP contribution in [0.1, 0.15) is 22.8 Å². The first-order valence-corrected chi connectivity index (χ1v) is 9.12. The van der Waals surface area contributed by atoms with Crippen LogP contribution in [-0.2, 0) is 16.0 Å². The maximum absolute atomic E-state index is 12.4. The highest BCUT2D eigenvalue weighted by Crippen LogP contribution is 2.16. The minimum atomic E-state index is -0.264. The van der Waals surface area contributed by atoms with E-state index in [1.54, 1.807) is 48.5 Å². The maximum atomic E-state index is 12.4. The smallest absolute Gasteiger partial charge is 0.255 e. The Morgan fingerprint density at radius 3 is 1.76 bits per heavy atom. The molecule has 0 spiro atoms. The van der Waals surface area contributed by atoms with Crippen molar-refractivity contribution in [3.63, 3.8) is 0 Å². The van der Waals surface area contributed by atoms with Crippen LogP contribution in [0, 0.1) is 0 Å². The van der Waals surface area contributed by atoms with Gasteiger partial charge in [0, 0.05) is 29.5 Å². The zero-order chi connectivity index (χ0) is 20.6.